The Kier molecular flexibility index (Phi) is 10.8. The van der Waals surface area contributed by atoms with Crippen LogP contribution in [0.5, 0.6) is 0 Å². The predicted octanol–water partition coefficient (Wildman–Crippen LogP) is 5.61. The number of carbonyl (C=O) groups excluding carboxylic acids is 1. The molecule has 218 valence electrons. The Hall–Kier alpha value is -1.79. The van der Waals surface area contributed by atoms with E-state index in [-0.39, 0.29) is 23.2 Å². The number of aromatic nitrogens is 1. The number of morpholine rings is 1. The number of hydrogen-bond donors (Lipinski definition) is 0. The van der Waals surface area contributed by atoms with Gasteiger partial charge in [-0.25, -0.2) is 13.4 Å². The fourth-order valence-electron chi connectivity index (χ4n) is 5.18. The largest absolute Gasteiger partial charge is 0.379 e. The minimum atomic E-state index is -3.58. The van der Waals surface area contributed by atoms with Gasteiger partial charge in [0, 0.05) is 49.9 Å². The van der Waals surface area contributed by atoms with E-state index in [1.807, 2.05) is 19.1 Å². The molecule has 1 amide bonds. The second-order valence-electron chi connectivity index (χ2n) is 10.2. The van der Waals surface area contributed by atoms with Gasteiger partial charge < -0.3 is 4.74 Å². The molecule has 12 heteroatoms. The van der Waals surface area contributed by atoms with Crippen molar-refractivity contribution in [3.8, 4) is 0 Å². The van der Waals surface area contributed by atoms with Crippen molar-refractivity contribution in [1.82, 2.24) is 14.2 Å². The summed E-state index contributed by atoms with van der Waals surface area (Å²) in [6.07, 6.45) is 4.64. The lowest BCUT2D eigenvalue weighted by atomic mass is 10.2. The summed E-state index contributed by atoms with van der Waals surface area (Å²) in [6.45, 7) is 7.64. The van der Waals surface area contributed by atoms with Gasteiger partial charge in [-0.15, -0.1) is 12.4 Å². The van der Waals surface area contributed by atoms with Crippen LogP contribution in [0.15, 0.2) is 41.3 Å². The van der Waals surface area contributed by atoms with Crippen LogP contribution in [0.3, 0.4) is 0 Å². The van der Waals surface area contributed by atoms with Gasteiger partial charge in [-0.2, -0.15) is 4.31 Å². The minimum absolute atomic E-state index is 0. The molecule has 0 saturated carbocycles. The van der Waals surface area contributed by atoms with Gasteiger partial charge in [0.25, 0.3) is 5.91 Å². The topological polar surface area (TPSA) is 83.0 Å². The summed E-state index contributed by atoms with van der Waals surface area (Å²) in [4.78, 5) is 22.9. The first-order valence-corrected chi connectivity index (χ1v) is 16.3. The van der Waals surface area contributed by atoms with E-state index in [2.05, 4.69) is 4.90 Å². The number of carbonyl (C=O) groups is 1. The van der Waals surface area contributed by atoms with Crippen molar-refractivity contribution >= 4 is 66.6 Å². The zero-order chi connectivity index (χ0) is 27.4. The molecule has 0 aliphatic carbocycles. The van der Waals surface area contributed by atoms with Crippen LogP contribution in [0.25, 0.3) is 10.2 Å². The smallest absolute Gasteiger partial charge is 0.260 e. The zero-order valence-corrected chi connectivity index (χ0v) is 25.9. The van der Waals surface area contributed by atoms with E-state index in [9.17, 15) is 13.2 Å². The highest BCUT2D eigenvalue weighted by Crippen LogP contribution is 2.34. The van der Waals surface area contributed by atoms with Crippen LogP contribution < -0.4 is 4.90 Å². The molecule has 2 fully saturated rings. The molecule has 2 aliphatic heterocycles. The van der Waals surface area contributed by atoms with E-state index in [1.165, 1.54) is 11.3 Å². The van der Waals surface area contributed by atoms with E-state index in [4.69, 9.17) is 21.3 Å². The maximum atomic E-state index is 13.8. The number of anilines is 1. The van der Waals surface area contributed by atoms with Crippen molar-refractivity contribution in [3.63, 3.8) is 0 Å². The third-order valence-electron chi connectivity index (χ3n) is 7.38. The van der Waals surface area contributed by atoms with Crippen LogP contribution >= 0.6 is 35.3 Å². The Morgan fingerprint density at radius 2 is 1.73 bits per heavy atom. The first-order valence-electron chi connectivity index (χ1n) is 13.6. The van der Waals surface area contributed by atoms with Gasteiger partial charge in [0.2, 0.25) is 10.0 Å². The SMILES string of the molecule is Cc1cc(Cl)cc2sc(N(CCCN3CCOCC3)C(=O)c3ccc(S(=O)(=O)N4CCCCCC4)cc3)nc12.Cl. The molecule has 2 aromatic carbocycles. The molecule has 0 radical (unpaired) electrons. The first kappa shape index (κ1) is 31.2. The molecule has 5 rings (SSSR count). The second-order valence-corrected chi connectivity index (χ2v) is 13.6. The van der Waals surface area contributed by atoms with Crippen molar-refractivity contribution in [2.45, 2.75) is 43.9 Å². The molecule has 1 aromatic heterocycles. The Labute approximate surface area is 251 Å². The maximum Gasteiger partial charge on any atom is 0.260 e. The fourth-order valence-corrected chi connectivity index (χ4v) is 8.14. The minimum Gasteiger partial charge on any atom is -0.379 e. The fraction of sp³-hybridized carbons (Fsp3) is 0.500. The van der Waals surface area contributed by atoms with Crippen molar-refractivity contribution in [2.24, 2.45) is 0 Å². The lowest BCUT2D eigenvalue weighted by molar-refractivity contribution is 0.0376. The van der Waals surface area contributed by atoms with Crippen molar-refractivity contribution < 1.29 is 17.9 Å². The van der Waals surface area contributed by atoms with Crippen molar-refractivity contribution in [3.05, 3.63) is 52.5 Å². The Bertz CT molecular complexity index is 1400. The second kappa shape index (κ2) is 13.9. The third-order valence-corrected chi connectivity index (χ3v) is 10.5. The molecular formula is C28H36Cl2N4O4S2. The molecule has 2 saturated heterocycles. The average Bonchev–Trinajstić information content (AvgIpc) is 3.15. The number of fused-ring (bicyclic) bond motifs is 1. The molecule has 0 spiro atoms. The summed E-state index contributed by atoms with van der Waals surface area (Å²) < 4.78 is 34.4. The first-order chi connectivity index (χ1) is 18.8. The number of rotatable bonds is 8. The number of hydrogen-bond acceptors (Lipinski definition) is 7. The van der Waals surface area contributed by atoms with E-state index in [0.29, 0.717) is 35.4 Å². The molecule has 3 heterocycles. The normalized spacial score (nSPS) is 17.4. The highest BCUT2D eigenvalue weighted by atomic mass is 35.5. The number of nitrogens with zero attached hydrogens (tertiary/aromatic N) is 4. The van der Waals surface area contributed by atoms with Gasteiger partial charge in [0.1, 0.15) is 0 Å². The van der Waals surface area contributed by atoms with Crippen LogP contribution in [0, 0.1) is 6.92 Å². The van der Waals surface area contributed by atoms with Crippen molar-refractivity contribution in [2.75, 3.05) is 57.4 Å². The summed E-state index contributed by atoms with van der Waals surface area (Å²) in [7, 11) is -3.58. The lowest BCUT2D eigenvalue weighted by Crippen LogP contribution is -2.39. The zero-order valence-electron chi connectivity index (χ0n) is 22.7. The summed E-state index contributed by atoms with van der Waals surface area (Å²) >= 11 is 7.73. The van der Waals surface area contributed by atoms with Crippen LogP contribution in [0.1, 0.15) is 48.0 Å². The standard InChI is InChI=1S/C28H35ClN4O4S2.ClH/c1-21-19-23(29)20-25-26(21)30-28(38-25)33(14-6-11-31-15-17-37-18-16-31)27(34)22-7-9-24(10-8-22)39(35,36)32-12-4-2-3-5-13-32;/h7-10,19-20H,2-6,11-18H2,1H3;1H. The number of thiazole rings is 1. The van der Waals surface area contributed by atoms with E-state index in [1.54, 1.807) is 33.5 Å². The number of halogens is 2. The molecule has 0 N–H and O–H groups in total. The van der Waals surface area contributed by atoms with Gasteiger partial charge in [-0.1, -0.05) is 35.8 Å². The predicted molar refractivity (Wildman–Crippen MR) is 164 cm³/mol. The van der Waals surface area contributed by atoms with Crippen LogP contribution in [0.2, 0.25) is 5.02 Å². The number of amides is 1. The molecule has 0 bridgehead atoms. The number of benzene rings is 2. The molecule has 0 atom stereocenters. The Morgan fingerprint density at radius 3 is 2.40 bits per heavy atom. The summed E-state index contributed by atoms with van der Waals surface area (Å²) in [5, 5.41) is 1.25. The highest BCUT2D eigenvalue weighted by molar-refractivity contribution is 7.89. The molecular weight excluding hydrogens is 591 g/mol. The quantitative estimate of drug-likeness (QED) is 0.323. The van der Waals surface area contributed by atoms with Gasteiger partial charge >= 0.3 is 0 Å². The van der Waals surface area contributed by atoms with Gasteiger partial charge in [0.05, 0.1) is 28.3 Å². The molecule has 40 heavy (non-hydrogen) atoms. The number of sulfonamides is 1. The lowest BCUT2D eigenvalue weighted by Gasteiger charge is -2.27. The van der Waals surface area contributed by atoms with Gasteiger partial charge in [-0.3, -0.25) is 14.6 Å². The number of ether oxygens (including phenoxy) is 1. The van der Waals surface area contributed by atoms with Crippen LogP contribution in [-0.4, -0.2) is 81.0 Å². The van der Waals surface area contributed by atoms with Gasteiger partial charge in [-0.05, 0) is 68.1 Å². The average molecular weight is 628 g/mol. The van der Waals surface area contributed by atoms with E-state index >= 15 is 0 Å². The highest BCUT2D eigenvalue weighted by Gasteiger charge is 2.27. The molecule has 0 unspecified atom stereocenters. The summed E-state index contributed by atoms with van der Waals surface area (Å²) in [5.74, 6) is -0.196. The summed E-state index contributed by atoms with van der Waals surface area (Å²) in [6, 6.07) is 10.1. The Morgan fingerprint density at radius 1 is 1.05 bits per heavy atom. The van der Waals surface area contributed by atoms with E-state index in [0.717, 1.165) is 80.7 Å². The van der Waals surface area contributed by atoms with Crippen LogP contribution in [-0.2, 0) is 14.8 Å². The maximum absolute atomic E-state index is 13.8. The van der Waals surface area contributed by atoms with E-state index < -0.39 is 10.0 Å². The summed E-state index contributed by atoms with van der Waals surface area (Å²) in [5.41, 5.74) is 2.23. The monoisotopic (exact) mass is 626 g/mol. The third kappa shape index (κ3) is 7.15. The Balaban J connectivity index is 0.00000370. The van der Waals surface area contributed by atoms with Gasteiger partial charge in [0.15, 0.2) is 5.13 Å². The number of aryl methyl sites for hydroxylation is 1. The molecule has 2 aliphatic rings. The molecule has 8 nitrogen and oxygen atoms in total. The molecule has 3 aromatic rings. The van der Waals surface area contributed by atoms with Crippen LogP contribution in [0.4, 0.5) is 5.13 Å². The van der Waals surface area contributed by atoms with Crippen molar-refractivity contribution in [1.29, 1.82) is 0 Å².